The Morgan fingerprint density at radius 1 is 1.30 bits per heavy atom. The SMILES string of the molecule is CCC(CC)c1cc(NC2CCC(N)C2)n2nccc2n1.Cl.Cl. The second kappa shape index (κ2) is 8.71. The summed E-state index contributed by atoms with van der Waals surface area (Å²) in [6.45, 7) is 4.44. The Balaban J connectivity index is 0.00000132. The fourth-order valence-corrected chi connectivity index (χ4v) is 3.31. The lowest BCUT2D eigenvalue weighted by Crippen LogP contribution is -2.22. The van der Waals surface area contributed by atoms with E-state index in [1.165, 1.54) is 0 Å². The molecular formula is C16H27Cl2N5. The van der Waals surface area contributed by atoms with Crippen LogP contribution in [0.3, 0.4) is 0 Å². The molecule has 0 spiro atoms. The van der Waals surface area contributed by atoms with Gasteiger partial charge in [-0.1, -0.05) is 13.8 Å². The minimum atomic E-state index is 0. The molecule has 1 saturated carbocycles. The van der Waals surface area contributed by atoms with E-state index in [1.807, 2.05) is 16.8 Å². The van der Waals surface area contributed by atoms with E-state index in [-0.39, 0.29) is 24.8 Å². The van der Waals surface area contributed by atoms with Gasteiger partial charge in [-0.15, -0.1) is 24.8 Å². The Morgan fingerprint density at radius 3 is 2.65 bits per heavy atom. The van der Waals surface area contributed by atoms with E-state index >= 15 is 0 Å². The van der Waals surface area contributed by atoms with Crippen LogP contribution < -0.4 is 11.1 Å². The van der Waals surface area contributed by atoms with Crippen LogP contribution in [0.1, 0.15) is 57.6 Å². The summed E-state index contributed by atoms with van der Waals surface area (Å²) < 4.78 is 1.90. The van der Waals surface area contributed by atoms with E-state index < -0.39 is 0 Å². The van der Waals surface area contributed by atoms with Crippen LogP contribution in [-0.2, 0) is 0 Å². The van der Waals surface area contributed by atoms with E-state index in [0.717, 1.165) is 49.3 Å². The van der Waals surface area contributed by atoms with Crippen molar-refractivity contribution in [2.45, 2.75) is 64.0 Å². The van der Waals surface area contributed by atoms with Gasteiger partial charge < -0.3 is 11.1 Å². The summed E-state index contributed by atoms with van der Waals surface area (Å²) in [7, 11) is 0. The molecule has 7 heteroatoms. The van der Waals surface area contributed by atoms with Crippen molar-refractivity contribution in [1.29, 1.82) is 0 Å². The van der Waals surface area contributed by atoms with Gasteiger partial charge in [0.2, 0.25) is 0 Å². The van der Waals surface area contributed by atoms with E-state index in [0.29, 0.717) is 18.0 Å². The van der Waals surface area contributed by atoms with Gasteiger partial charge in [0.25, 0.3) is 0 Å². The van der Waals surface area contributed by atoms with Crippen LogP contribution in [0.25, 0.3) is 5.65 Å². The van der Waals surface area contributed by atoms with Crippen LogP contribution in [-0.4, -0.2) is 26.7 Å². The number of rotatable bonds is 5. The van der Waals surface area contributed by atoms with Gasteiger partial charge >= 0.3 is 0 Å². The summed E-state index contributed by atoms with van der Waals surface area (Å²) in [6.07, 6.45) is 7.30. The molecule has 130 valence electrons. The van der Waals surface area contributed by atoms with Crippen molar-refractivity contribution < 1.29 is 0 Å². The van der Waals surface area contributed by atoms with Crippen molar-refractivity contribution in [1.82, 2.24) is 14.6 Å². The molecule has 0 amide bonds. The van der Waals surface area contributed by atoms with Crippen molar-refractivity contribution in [3.8, 4) is 0 Å². The Kier molecular flexibility index (Phi) is 7.58. The van der Waals surface area contributed by atoms with Gasteiger partial charge in [-0.3, -0.25) is 0 Å². The highest BCUT2D eigenvalue weighted by Crippen LogP contribution is 2.27. The number of hydrogen-bond donors (Lipinski definition) is 2. The van der Waals surface area contributed by atoms with Crippen LogP contribution in [0.2, 0.25) is 0 Å². The molecule has 1 fully saturated rings. The van der Waals surface area contributed by atoms with Gasteiger partial charge in [-0.2, -0.15) is 9.61 Å². The van der Waals surface area contributed by atoms with Crippen LogP contribution in [0.5, 0.6) is 0 Å². The largest absolute Gasteiger partial charge is 0.367 e. The Hall–Kier alpha value is -1.04. The highest BCUT2D eigenvalue weighted by atomic mass is 35.5. The summed E-state index contributed by atoms with van der Waals surface area (Å²) in [6, 6.07) is 4.92. The zero-order chi connectivity index (χ0) is 14.8. The minimum absolute atomic E-state index is 0. The fourth-order valence-electron chi connectivity index (χ4n) is 3.31. The molecule has 1 aliphatic rings. The maximum Gasteiger partial charge on any atom is 0.157 e. The summed E-state index contributed by atoms with van der Waals surface area (Å²) >= 11 is 0. The quantitative estimate of drug-likeness (QED) is 0.852. The monoisotopic (exact) mass is 359 g/mol. The van der Waals surface area contributed by atoms with Crippen LogP contribution >= 0.6 is 24.8 Å². The van der Waals surface area contributed by atoms with E-state index in [2.05, 4.69) is 30.3 Å². The second-order valence-electron chi connectivity index (χ2n) is 6.10. The Morgan fingerprint density at radius 2 is 2.04 bits per heavy atom. The molecule has 23 heavy (non-hydrogen) atoms. The standard InChI is InChI=1S/C16H25N5.2ClH/c1-3-11(4-2)14-10-16(19-13-6-5-12(17)9-13)21-15(20-14)7-8-18-21;;/h7-8,10-13,19H,3-6,9,17H2,1-2H3;2*1H. The molecule has 2 aromatic rings. The Bertz CT molecular complexity index is 612. The van der Waals surface area contributed by atoms with Crippen molar-refractivity contribution in [2.24, 2.45) is 5.73 Å². The van der Waals surface area contributed by atoms with Crippen molar-refractivity contribution in [3.63, 3.8) is 0 Å². The third kappa shape index (κ3) is 4.28. The molecule has 0 radical (unpaired) electrons. The number of fused-ring (bicyclic) bond motifs is 1. The lowest BCUT2D eigenvalue weighted by Gasteiger charge is -2.18. The normalized spacial score (nSPS) is 20.3. The molecule has 1 aliphatic carbocycles. The fraction of sp³-hybridized carbons (Fsp3) is 0.625. The summed E-state index contributed by atoms with van der Waals surface area (Å²) in [5.41, 5.74) is 8.10. The average Bonchev–Trinajstić information content (AvgIpc) is 3.09. The highest BCUT2D eigenvalue weighted by molar-refractivity contribution is 5.85. The zero-order valence-corrected chi connectivity index (χ0v) is 15.4. The molecule has 0 bridgehead atoms. The first-order valence-electron chi connectivity index (χ1n) is 8.08. The molecule has 5 nitrogen and oxygen atoms in total. The molecule has 3 N–H and O–H groups in total. The van der Waals surface area contributed by atoms with Gasteiger partial charge in [-0.05, 0) is 32.1 Å². The summed E-state index contributed by atoms with van der Waals surface area (Å²) in [5, 5.41) is 8.02. The van der Waals surface area contributed by atoms with Crippen LogP contribution in [0.4, 0.5) is 5.82 Å². The number of hydrogen-bond acceptors (Lipinski definition) is 4. The van der Waals surface area contributed by atoms with Gasteiger partial charge in [0.1, 0.15) is 5.82 Å². The number of aromatic nitrogens is 3. The predicted molar refractivity (Wildman–Crippen MR) is 100 cm³/mol. The van der Waals surface area contributed by atoms with Gasteiger partial charge in [0.05, 0.1) is 6.20 Å². The predicted octanol–water partition coefficient (Wildman–Crippen LogP) is 3.77. The molecule has 0 saturated heterocycles. The first-order chi connectivity index (χ1) is 10.2. The molecule has 3 rings (SSSR count). The lowest BCUT2D eigenvalue weighted by molar-refractivity contribution is 0.621. The first kappa shape index (κ1) is 20.0. The number of nitrogens with one attached hydrogen (secondary N) is 1. The second-order valence-corrected chi connectivity index (χ2v) is 6.10. The third-order valence-electron chi connectivity index (χ3n) is 4.61. The maximum absolute atomic E-state index is 6.02. The summed E-state index contributed by atoms with van der Waals surface area (Å²) in [4.78, 5) is 4.76. The molecule has 2 atom stereocenters. The molecule has 2 aromatic heterocycles. The van der Waals surface area contributed by atoms with Crippen molar-refractivity contribution in [2.75, 3.05) is 5.32 Å². The smallest absolute Gasteiger partial charge is 0.157 e. The number of anilines is 1. The topological polar surface area (TPSA) is 68.2 Å². The number of nitrogens with zero attached hydrogens (tertiary/aromatic N) is 3. The van der Waals surface area contributed by atoms with Gasteiger partial charge in [-0.25, -0.2) is 4.98 Å². The molecule has 0 aliphatic heterocycles. The minimum Gasteiger partial charge on any atom is -0.367 e. The number of halogens is 2. The third-order valence-corrected chi connectivity index (χ3v) is 4.61. The van der Waals surface area contributed by atoms with Gasteiger partial charge in [0.15, 0.2) is 5.65 Å². The van der Waals surface area contributed by atoms with Crippen LogP contribution in [0.15, 0.2) is 18.3 Å². The van der Waals surface area contributed by atoms with E-state index in [1.54, 1.807) is 0 Å². The number of nitrogens with two attached hydrogens (primary N) is 1. The van der Waals surface area contributed by atoms with E-state index in [4.69, 9.17) is 10.7 Å². The van der Waals surface area contributed by atoms with Crippen LogP contribution in [0, 0.1) is 0 Å². The lowest BCUT2D eigenvalue weighted by atomic mass is 9.99. The maximum atomic E-state index is 6.02. The van der Waals surface area contributed by atoms with Crippen molar-refractivity contribution >= 4 is 36.3 Å². The molecular weight excluding hydrogens is 333 g/mol. The van der Waals surface area contributed by atoms with Gasteiger partial charge in [0, 0.05) is 35.8 Å². The summed E-state index contributed by atoms with van der Waals surface area (Å²) in [5.74, 6) is 1.56. The highest BCUT2D eigenvalue weighted by Gasteiger charge is 2.23. The van der Waals surface area contributed by atoms with Crippen molar-refractivity contribution in [3.05, 3.63) is 24.0 Å². The molecule has 0 aromatic carbocycles. The zero-order valence-electron chi connectivity index (χ0n) is 13.7. The molecule has 2 heterocycles. The Labute approximate surface area is 150 Å². The molecule has 2 unspecified atom stereocenters. The average molecular weight is 360 g/mol. The first-order valence-corrected chi connectivity index (χ1v) is 8.08. The van der Waals surface area contributed by atoms with E-state index in [9.17, 15) is 0 Å².